The molecule has 2 rings (SSSR count). The van der Waals surface area contributed by atoms with E-state index in [-0.39, 0.29) is 0 Å². The van der Waals surface area contributed by atoms with Gasteiger partial charge in [-0.05, 0) is 30.4 Å². The van der Waals surface area contributed by atoms with E-state index in [1.807, 2.05) is 0 Å². The van der Waals surface area contributed by atoms with E-state index in [9.17, 15) is 0 Å². The van der Waals surface area contributed by atoms with Crippen LogP contribution in [0.5, 0.6) is 0 Å². The molecule has 0 saturated carbocycles. The van der Waals surface area contributed by atoms with Crippen LogP contribution in [0.2, 0.25) is 0 Å². The highest BCUT2D eigenvalue weighted by atomic mass is 14.9. The van der Waals surface area contributed by atoms with Crippen LogP contribution in [0.15, 0.2) is 54.6 Å². The van der Waals surface area contributed by atoms with Gasteiger partial charge in [0, 0.05) is 17.8 Å². The molecule has 0 aliphatic heterocycles. The van der Waals surface area contributed by atoms with Gasteiger partial charge < -0.3 is 5.32 Å². The molecule has 19 heavy (non-hydrogen) atoms. The van der Waals surface area contributed by atoms with Crippen LogP contribution in [0.25, 0.3) is 11.1 Å². The molecule has 0 aromatic heterocycles. The van der Waals surface area contributed by atoms with Crippen LogP contribution in [0.4, 0.5) is 5.69 Å². The number of anilines is 1. The average molecular weight is 253 g/mol. The number of nitrogens with one attached hydrogen (secondary N) is 1. The summed E-state index contributed by atoms with van der Waals surface area (Å²) in [5, 5.41) is 3.57. The zero-order chi connectivity index (χ0) is 13.5. The average Bonchev–Trinajstić information content (AvgIpc) is 2.45. The first-order valence-corrected chi connectivity index (χ1v) is 7.15. The first kappa shape index (κ1) is 13.7. The van der Waals surface area contributed by atoms with Gasteiger partial charge in [0.15, 0.2) is 0 Å². The summed E-state index contributed by atoms with van der Waals surface area (Å²) < 4.78 is 0. The molecule has 0 aliphatic carbocycles. The van der Waals surface area contributed by atoms with Crippen molar-refractivity contribution in [1.82, 2.24) is 0 Å². The highest BCUT2D eigenvalue weighted by Crippen LogP contribution is 2.27. The summed E-state index contributed by atoms with van der Waals surface area (Å²) in [6.45, 7) is 5.60. The Morgan fingerprint density at radius 2 is 1.58 bits per heavy atom. The van der Waals surface area contributed by atoms with Crippen molar-refractivity contribution in [3.8, 4) is 11.1 Å². The molecule has 2 aromatic carbocycles. The van der Waals surface area contributed by atoms with E-state index in [1.165, 1.54) is 29.7 Å². The van der Waals surface area contributed by atoms with Crippen molar-refractivity contribution in [1.29, 1.82) is 0 Å². The molecule has 1 N–H and O–H groups in total. The molecule has 0 amide bonds. The van der Waals surface area contributed by atoms with Crippen LogP contribution >= 0.6 is 0 Å². The van der Waals surface area contributed by atoms with Crippen LogP contribution in [0.1, 0.15) is 26.7 Å². The molecule has 100 valence electrons. The lowest BCUT2D eigenvalue weighted by molar-refractivity contribution is 0.567. The summed E-state index contributed by atoms with van der Waals surface area (Å²) in [6, 6.07) is 19.1. The normalized spacial score (nSPS) is 10.7. The van der Waals surface area contributed by atoms with Gasteiger partial charge in [0.25, 0.3) is 0 Å². The Balaban J connectivity index is 2.05. The number of hydrogen-bond acceptors (Lipinski definition) is 1. The summed E-state index contributed by atoms with van der Waals surface area (Å²) >= 11 is 0. The number of para-hydroxylation sites is 1. The monoisotopic (exact) mass is 253 g/mol. The Bertz CT molecular complexity index is 488. The van der Waals surface area contributed by atoms with Gasteiger partial charge >= 0.3 is 0 Å². The summed E-state index contributed by atoms with van der Waals surface area (Å²) in [6.07, 6.45) is 2.50. The maximum Gasteiger partial charge on any atom is 0.0419 e. The fourth-order valence-electron chi connectivity index (χ4n) is 2.24. The van der Waals surface area contributed by atoms with Gasteiger partial charge in [0.1, 0.15) is 0 Å². The van der Waals surface area contributed by atoms with Crippen molar-refractivity contribution < 1.29 is 0 Å². The molecule has 0 fully saturated rings. The lowest BCUT2D eigenvalue weighted by atomic mass is 10.0. The minimum atomic E-state index is 0.783. The topological polar surface area (TPSA) is 12.0 Å². The third-order valence-corrected chi connectivity index (χ3v) is 3.29. The first-order chi connectivity index (χ1) is 9.27. The van der Waals surface area contributed by atoms with E-state index < -0.39 is 0 Å². The molecule has 0 heterocycles. The van der Waals surface area contributed by atoms with E-state index in [0.717, 1.165) is 12.5 Å². The SMILES string of the molecule is CC(C)CCCNc1ccccc1-c1ccccc1. The third kappa shape index (κ3) is 4.13. The molecular weight excluding hydrogens is 230 g/mol. The van der Waals surface area contributed by atoms with Gasteiger partial charge in [-0.1, -0.05) is 62.4 Å². The lowest BCUT2D eigenvalue weighted by Gasteiger charge is -2.12. The largest absolute Gasteiger partial charge is 0.385 e. The summed E-state index contributed by atoms with van der Waals surface area (Å²) in [7, 11) is 0. The number of benzene rings is 2. The van der Waals surface area contributed by atoms with Gasteiger partial charge in [-0.15, -0.1) is 0 Å². The highest BCUT2D eigenvalue weighted by Gasteiger charge is 2.03. The Morgan fingerprint density at radius 1 is 0.895 bits per heavy atom. The predicted octanol–water partition coefficient (Wildman–Crippen LogP) is 5.20. The predicted molar refractivity (Wildman–Crippen MR) is 84.4 cm³/mol. The van der Waals surface area contributed by atoms with Crippen LogP contribution in [-0.2, 0) is 0 Å². The fraction of sp³-hybridized carbons (Fsp3) is 0.333. The van der Waals surface area contributed by atoms with Crippen molar-refractivity contribution in [3.63, 3.8) is 0 Å². The summed E-state index contributed by atoms with van der Waals surface area (Å²) in [4.78, 5) is 0. The molecule has 0 radical (unpaired) electrons. The van der Waals surface area contributed by atoms with Crippen LogP contribution in [0, 0.1) is 5.92 Å². The minimum Gasteiger partial charge on any atom is -0.385 e. The zero-order valence-electron chi connectivity index (χ0n) is 11.9. The Kier molecular flexibility index (Phi) is 5.02. The maximum absolute atomic E-state index is 3.57. The van der Waals surface area contributed by atoms with Crippen LogP contribution < -0.4 is 5.32 Å². The number of rotatable bonds is 6. The van der Waals surface area contributed by atoms with E-state index in [2.05, 4.69) is 73.8 Å². The molecule has 0 aliphatic rings. The molecule has 1 heteroatoms. The molecule has 0 saturated heterocycles. The minimum absolute atomic E-state index is 0.783. The molecule has 0 atom stereocenters. The van der Waals surface area contributed by atoms with E-state index in [0.29, 0.717) is 0 Å². The molecule has 0 spiro atoms. The maximum atomic E-state index is 3.57. The quantitative estimate of drug-likeness (QED) is 0.697. The van der Waals surface area contributed by atoms with Crippen molar-refractivity contribution in [2.45, 2.75) is 26.7 Å². The van der Waals surface area contributed by atoms with Crippen molar-refractivity contribution >= 4 is 5.69 Å². The second-order valence-corrected chi connectivity index (χ2v) is 5.37. The summed E-state index contributed by atoms with van der Waals surface area (Å²) in [5.41, 5.74) is 3.79. The summed E-state index contributed by atoms with van der Waals surface area (Å²) in [5.74, 6) is 0.783. The molecular formula is C18H23N. The second kappa shape index (κ2) is 6.98. The van der Waals surface area contributed by atoms with Crippen molar-refractivity contribution in [2.75, 3.05) is 11.9 Å². The third-order valence-electron chi connectivity index (χ3n) is 3.29. The fourth-order valence-corrected chi connectivity index (χ4v) is 2.24. The second-order valence-electron chi connectivity index (χ2n) is 5.37. The lowest BCUT2D eigenvalue weighted by Crippen LogP contribution is -2.04. The zero-order valence-corrected chi connectivity index (χ0v) is 11.9. The van der Waals surface area contributed by atoms with Gasteiger partial charge in [-0.2, -0.15) is 0 Å². The van der Waals surface area contributed by atoms with E-state index in [4.69, 9.17) is 0 Å². The van der Waals surface area contributed by atoms with Gasteiger partial charge in [0.05, 0.1) is 0 Å². The van der Waals surface area contributed by atoms with E-state index >= 15 is 0 Å². The van der Waals surface area contributed by atoms with Gasteiger partial charge in [0.2, 0.25) is 0 Å². The van der Waals surface area contributed by atoms with Gasteiger partial charge in [-0.3, -0.25) is 0 Å². The highest BCUT2D eigenvalue weighted by molar-refractivity contribution is 5.77. The Labute approximate surface area is 116 Å². The van der Waals surface area contributed by atoms with Crippen molar-refractivity contribution in [2.24, 2.45) is 5.92 Å². The molecule has 2 aromatic rings. The molecule has 0 unspecified atom stereocenters. The van der Waals surface area contributed by atoms with Crippen LogP contribution in [0.3, 0.4) is 0 Å². The standard InChI is InChI=1S/C18H23N/c1-15(2)9-8-14-19-18-13-7-6-12-17(18)16-10-4-3-5-11-16/h3-7,10-13,15,19H,8-9,14H2,1-2H3. The molecule has 1 nitrogen and oxygen atoms in total. The molecule has 0 bridgehead atoms. The first-order valence-electron chi connectivity index (χ1n) is 7.15. The Morgan fingerprint density at radius 3 is 2.32 bits per heavy atom. The van der Waals surface area contributed by atoms with Crippen LogP contribution in [-0.4, -0.2) is 6.54 Å². The van der Waals surface area contributed by atoms with Gasteiger partial charge in [-0.25, -0.2) is 0 Å². The number of hydrogen-bond donors (Lipinski definition) is 1. The Hall–Kier alpha value is -1.76. The van der Waals surface area contributed by atoms with Crippen molar-refractivity contribution in [3.05, 3.63) is 54.6 Å². The van der Waals surface area contributed by atoms with E-state index in [1.54, 1.807) is 0 Å². The smallest absolute Gasteiger partial charge is 0.0419 e.